The summed E-state index contributed by atoms with van der Waals surface area (Å²) >= 11 is 3.46. The fourth-order valence-electron chi connectivity index (χ4n) is 1.11. The van der Waals surface area contributed by atoms with Crippen LogP contribution in [0, 0.1) is 5.41 Å². The van der Waals surface area contributed by atoms with E-state index in [9.17, 15) is 0 Å². The van der Waals surface area contributed by atoms with Crippen molar-refractivity contribution < 1.29 is 0 Å². The highest BCUT2D eigenvalue weighted by Gasteiger charge is 2.21. The normalized spacial score (nSPS) is 13.2. The van der Waals surface area contributed by atoms with Gasteiger partial charge >= 0.3 is 0 Å². The molecule has 86 valence electrons. The van der Waals surface area contributed by atoms with Crippen LogP contribution < -0.4 is 0 Å². The molecule has 0 bridgehead atoms. The van der Waals surface area contributed by atoms with Crippen molar-refractivity contribution in [1.82, 2.24) is 4.37 Å². The Morgan fingerprint density at radius 2 is 1.80 bits per heavy atom. The fraction of sp³-hybridized carbons (Fsp3) is 0.750. The molecule has 0 aromatic carbocycles. The Labute approximate surface area is 102 Å². The number of hydrogen-bond acceptors (Lipinski definition) is 3. The zero-order valence-electron chi connectivity index (χ0n) is 10.5. The largest absolute Gasteiger partial charge is 0.186 e. The average Bonchev–Trinajstić information content (AvgIpc) is 2.45. The SMILES string of the molecule is CC(C)(C)CSc1nscc1C(C)(C)C. The molecule has 0 amide bonds. The second-order valence-electron chi connectivity index (χ2n) is 6.13. The second kappa shape index (κ2) is 4.46. The molecule has 1 aromatic rings. The minimum absolute atomic E-state index is 0.215. The van der Waals surface area contributed by atoms with Crippen LogP contribution in [0.3, 0.4) is 0 Å². The number of thioether (sulfide) groups is 1. The number of aromatic nitrogens is 1. The lowest BCUT2D eigenvalue weighted by Crippen LogP contribution is -2.13. The monoisotopic (exact) mass is 243 g/mol. The molecule has 3 heteroatoms. The smallest absolute Gasteiger partial charge is 0.114 e. The number of nitrogens with zero attached hydrogens (tertiary/aromatic N) is 1. The van der Waals surface area contributed by atoms with Gasteiger partial charge in [-0.2, -0.15) is 4.37 Å². The van der Waals surface area contributed by atoms with Gasteiger partial charge in [-0.15, -0.1) is 11.8 Å². The van der Waals surface area contributed by atoms with Gasteiger partial charge in [0.15, 0.2) is 0 Å². The van der Waals surface area contributed by atoms with Gasteiger partial charge in [0.25, 0.3) is 0 Å². The molecule has 15 heavy (non-hydrogen) atoms. The third-order valence-corrected chi connectivity index (χ3v) is 4.33. The Morgan fingerprint density at radius 3 is 2.27 bits per heavy atom. The van der Waals surface area contributed by atoms with Crippen LogP contribution in [0.2, 0.25) is 0 Å². The first kappa shape index (κ1) is 13.0. The third kappa shape index (κ3) is 4.15. The number of hydrogen-bond donors (Lipinski definition) is 0. The minimum atomic E-state index is 0.215. The van der Waals surface area contributed by atoms with Crippen molar-refractivity contribution >= 4 is 23.3 Å². The lowest BCUT2D eigenvalue weighted by atomic mass is 9.90. The molecule has 0 aliphatic heterocycles. The molecule has 0 fully saturated rings. The molecule has 1 heterocycles. The van der Waals surface area contributed by atoms with Crippen molar-refractivity contribution in [3.63, 3.8) is 0 Å². The summed E-state index contributed by atoms with van der Waals surface area (Å²) < 4.78 is 4.49. The van der Waals surface area contributed by atoms with Gasteiger partial charge in [-0.3, -0.25) is 0 Å². The lowest BCUT2D eigenvalue weighted by molar-refractivity contribution is 0.480. The highest BCUT2D eigenvalue weighted by molar-refractivity contribution is 7.99. The molecule has 0 unspecified atom stereocenters. The second-order valence-corrected chi connectivity index (χ2v) is 7.73. The Hall–Kier alpha value is -0.0200. The van der Waals surface area contributed by atoms with Crippen molar-refractivity contribution in [3.05, 3.63) is 10.9 Å². The maximum atomic E-state index is 4.49. The summed E-state index contributed by atoms with van der Waals surface area (Å²) in [6.07, 6.45) is 0. The molecular weight excluding hydrogens is 222 g/mol. The Morgan fingerprint density at radius 1 is 1.20 bits per heavy atom. The highest BCUT2D eigenvalue weighted by atomic mass is 32.2. The Balaban J connectivity index is 2.75. The van der Waals surface area contributed by atoms with Crippen molar-refractivity contribution in [1.29, 1.82) is 0 Å². The van der Waals surface area contributed by atoms with Crippen LogP contribution >= 0.6 is 23.3 Å². The number of rotatable bonds is 2. The predicted octanol–water partition coefficient (Wildman–Crippen LogP) is 4.58. The summed E-state index contributed by atoms with van der Waals surface area (Å²) in [5.74, 6) is 1.12. The van der Waals surface area contributed by atoms with Crippen LogP contribution in [0.1, 0.15) is 47.1 Å². The van der Waals surface area contributed by atoms with Crippen molar-refractivity contribution in [2.75, 3.05) is 5.75 Å². The average molecular weight is 243 g/mol. The molecular formula is C12H21NS2. The minimum Gasteiger partial charge on any atom is -0.186 e. The van der Waals surface area contributed by atoms with Crippen LogP contribution in [0.5, 0.6) is 0 Å². The van der Waals surface area contributed by atoms with E-state index in [1.807, 2.05) is 11.8 Å². The van der Waals surface area contributed by atoms with E-state index >= 15 is 0 Å². The van der Waals surface area contributed by atoms with Crippen LogP contribution in [0.25, 0.3) is 0 Å². The van der Waals surface area contributed by atoms with Gasteiger partial charge in [0.2, 0.25) is 0 Å². The summed E-state index contributed by atoms with van der Waals surface area (Å²) in [4.78, 5) is 0. The first-order valence-electron chi connectivity index (χ1n) is 5.28. The summed E-state index contributed by atoms with van der Waals surface area (Å²) in [6.45, 7) is 13.5. The van der Waals surface area contributed by atoms with E-state index in [-0.39, 0.29) is 5.41 Å². The summed E-state index contributed by atoms with van der Waals surface area (Å²) in [6, 6.07) is 0. The summed E-state index contributed by atoms with van der Waals surface area (Å²) in [7, 11) is 0. The topological polar surface area (TPSA) is 12.9 Å². The molecule has 0 saturated carbocycles. The highest BCUT2D eigenvalue weighted by Crippen LogP contribution is 2.35. The zero-order valence-corrected chi connectivity index (χ0v) is 12.2. The van der Waals surface area contributed by atoms with Gasteiger partial charge in [-0.1, -0.05) is 41.5 Å². The van der Waals surface area contributed by atoms with Gasteiger partial charge in [0.1, 0.15) is 5.03 Å². The molecule has 0 spiro atoms. The molecule has 1 rings (SSSR count). The van der Waals surface area contributed by atoms with E-state index in [0.29, 0.717) is 5.41 Å². The first-order valence-corrected chi connectivity index (χ1v) is 7.10. The molecule has 0 N–H and O–H groups in total. The van der Waals surface area contributed by atoms with Gasteiger partial charge in [-0.05, 0) is 22.4 Å². The van der Waals surface area contributed by atoms with Crippen molar-refractivity contribution in [2.45, 2.75) is 52.0 Å². The van der Waals surface area contributed by atoms with Gasteiger partial charge in [-0.25, -0.2) is 0 Å². The molecule has 0 aliphatic rings. The van der Waals surface area contributed by atoms with E-state index in [2.05, 4.69) is 51.3 Å². The van der Waals surface area contributed by atoms with E-state index < -0.39 is 0 Å². The molecule has 0 saturated heterocycles. The van der Waals surface area contributed by atoms with E-state index in [4.69, 9.17) is 0 Å². The van der Waals surface area contributed by atoms with E-state index in [1.54, 1.807) is 11.5 Å². The zero-order chi connectivity index (χ0) is 11.7. The Kier molecular flexibility index (Phi) is 3.88. The maximum absolute atomic E-state index is 4.49. The Bertz CT molecular complexity index is 315. The molecule has 0 radical (unpaired) electrons. The fourth-order valence-corrected chi connectivity index (χ4v) is 3.44. The van der Waals surface area contributed by atoms with Crippen LogP contribution in [-0.4, -0.2) is 10.1 Å². The predicted molar refractivity (Wildman–Crippen MR) is 71.0 cm³/mol. The van der Waals surface area contributed by atoms with Crippen molar-refractivity contribution in [3.8, 4) is 0 Å². The van der Waals surface area contributed by atoms with Crippen LogP contribution in [-0.2, 0) is 5.41 Å². The van der Waals surface area contributed by atoms with Gasteiger partial charge < -0.3 is 0 Å². The van der Waals surface area contributed by atoms with Crippen LogP contribution in [0.15, 0.2) is 10.4 Å². The summed E-state index contributed by atoms with van der Waals surface area (Å²) in [5.41, 5.74) is 1.97. The maximum Gasteiger partial charge on any atom is 0.114 e. The quantitative estimate of drug-likeness (QED) is 0.705. The lowest BCUT2D eigenvalue weighted by Gasteiger charge is -2.20. The first-order chi connectivity index (χ1) is 6.70. The third-order valence-electron chi connectivity index (χ3n) is 1.99. The molecule has 1 aromatic heterocycles. The van der Waals surface area contributed by atoms with Gasteiger partial charge in [0.05, 0.1) is 0 Å². The standard InChI is InChI=1S/C12H21NS2/c1-11(2,3)8-14-10-9(7-15-13-10)12(4,5)6/h7H,8H2,1-6H3. The molecule has 1 nitrogen and oxygen atoms in total. The van der Waals surface area contributed by atoms with E-state index in [1.165, 1.54) is 10.6 Å². The summed E-state index contributed by atoms with van der Waals surface area (Å²) in [5, 5.41) is 3.41. The molecule has 0 atom stereocenters. The van der Waals surface area contributed by atoms with Crippen molar-refractivity contribution in [2.24, 2.45) is 5.41 Å². The van der Waals surface area contributed by atoms with E-state index in [0.717, 1.165) is 5.75 Å². The van der Waals surface area contributed by atoms with Crippen LogP contribution in [0.4, 0.5) is 0 Å². The van der Waals surface area contributed by atoms with Gasteiger partial charge in [0, 0.05) is 16.7 Å². The molecule has 0 aliphatic carbocycles.